The smallest absolute Gasteiger partial charge is 0.387 e. The summed E-state index contributed by atoms with van der Waals surface area (Å²) < 4.78 is 23.3. The number of nitrogens with two attached hydrogens (primary N) is 2. The molecule has 1 fully saturated rings. The minimum absolute atomic E-state index is 0.0362. The van der Waals surface area contributed by atoms with Gasteiger partial charge in [-0.3, -0.25) is 19.0 Å². The normalized spacial score (nSPS) is 26.3. The summed E-state index contributed by atoms with van der Waals surface area (Å²) in [6.45, 7) is -0.685. The highest BCUT2D eigenvalue weighted by Crippen LogP contribution is 2.39. The number of imidazole rings is 1. The molecule has 15 nitrogen and oxygen atoms in total. The van der Waals surface area contributed by atoms with E-state index < -0.39 is 56.5 Å². The standard InChI is InChI=1S/C15H22N7O8P/c16-8(3-7-4-18-6-19-7)13(25)21-31(27,28)29-5-9-11(23)12(24)14(30-9)22-2-1-10(17)20-15(22)26/h1-2,4,6,8-9,11-12,14,23-24H,3,5,16H2,(H,18,19)(H2,17,20,26)(H2,21,25,27,28)/t8-,9+,11+,12+,14-/m0/s1. The number of aromatic nitrogens is 4. The minimum Gasteiger partial charge on any atom is -0.387 e. The molecule has 3 heterocycles. The summed E-state index contributed by atoms with van der Waals surface area (Å²) in [6, 6.07) is 0.131. The van der Waals surface area contributed by atoms with Crippen LogP contribution in [0.5, 0.6) is 0 Å². The molecule has 0 aromatic carbocycles. The third-order valence-corrected chi connectivity index (χ3v) is 5.46. The number of hydrogen-bond acceptors (Lipinski definition) is 11. The second-order valence-corrected chi connectivity index (χ2v) is 8.29. The molecule has 0 saturated carbocycles. The van der Waals surface area contributed by atoms with Crippen molar-refractivity contribution in [3.8, 4) is 0 Å². The number of aliphatic hydroxyl groups excluding tert-OH is 2. The van der Waals surface area contributed by atoms with Gasteiger partial charge in [0.25, 0.3) is 0 Å². The van der Waals surface area contributed by atoms with Gasteiger partial charge in [-0.1, -0.05) is 0 Å². The lowest BCUT2D eigenvalue weighted by Crippen LogP contribution is -2.41. The number of aliphatic hydroxyl groups is 2. The predicted molar refractivity (Wildman–Crippen MR) is 103 cm³/mol. The largest absolute Gasteiger partial charge is 0.432 e. The third kappa shape index (κ3) is 5.54. The van der Waals surface area contributed by atoms with E-state index in [1.807, 2.05) is 0 Å². The van der Waals surface area contributed by atoms with E-state index in [-0.39, 0.29) is 12.2 Å². The molecule has 1 aliphatic rings. The Bertz CT molecular complexity index is 1020. The Morgan fingerprint density at radius 2 is 2.19 bits per heavy atom. The summed E-state index contributed by atoms with van der Waals surface area (Å²) >= 11 is 0. The molecular formula is C15H22N7O8P. The highest BCUT2D eigenvalue weighted by atomic mass is 31.2. The van der Waals surface area contributed by atoms with Gasteiger partial charge in [-0.15, -0.1) is 0 Å². The molecule has 1 unspecified atom stereocenters. The number of nitrogen functional groups attached to an aromatic ring is 1. The highest BCUT2D eigenvalue weighted by molar-refractivity contribution is 7.51. The summed E-state index contributed by atoms with van der Waals surface area (Å²) in [5.74, 6) is -0.998. The maximum Gasteiger partial charge on any atom is 0.432 e. The van der Waals surface area contributed by atoms with E-state index in [1.54, 1.807) is 5.09 Å². The lowest BCUT2D eigenvalue weighted by molar-refractivity contribution is -0.121. The van der Waals surface area contributed by atoms with Crippen LogP contribution in [0, 0.1) is 0 Å². The molecular weight excluding hydrogens is 437 g/mol. The molecule has 9 N–H and O–H groups in total. The topological polar surface area (TPSA) is 241 Å². The molecule has 31 heavy (non-hydrogen) atoms. The van der Waals surface area contributed by atoms with E-state index in [4.69, 9.17) is 20.7 Å². The van der Waals surface area contributed by atoms with Gasteiger partial charge in [-0.05, 0) is 6.07 Å². The first-order valence-electron chi connectivity index (χ1n) is 8.96. The summed E-state index contributed by atoms with van der Waals surface area (Å²) in [5, 5.41) is 22.1. The number of ether oxygens (including phenoxy) is 1. The molecule has 2 aromatic heterocycles. The molecule has 0 aliphatic carbocycles. The number of anilines is 1. The maximum absolute atomic E-state index is 12.2. The molecule has 0 radical (unpaired) electrons. The Kier molecular flexibility index (Phi) is 6.86. The first-order chi connectivity index (χ1) is 14.6. The fourth-order valence-corrected chi connectivity index (χ4v) is 3.73. The molecule has 3 rings (SSSR count). The number of carbonyl (C=O) groups is 1. The zero-order valence-electron chi connectivity index (χ0n) is 15.9. The number of rotatable bonds is 8. The average molecular weight is 459 g/mol. The highest BCUT2D eigenvalue weighted by Gasteiger charge is 2.45. The van der Waals surface area contributed by atoms with E-state index in [1.165, 1.54) is 24.8 Å². The minimum atomic E-state index is -4.67. The van der Waals surface area contributed by atoms with Crippen LogP contribution in [0.15, 0.2) is 29.6 Å². The molecule has 16 heteroatoms. The predicted octanol–water partition coefficient (Wildman–Crippen LogP) is -3.03. The monoisotopic (exact) mass is 459 g/mol. The van der Waals surface area contributed by atoms with Gasteiger partial charge >= 0.3 is 13.4 Å². The molecule has 1 saturated heterocycles. The number of carbonyl (C=O) groups excluding carboxylic acids is 1. The lowest BCUT2D eigenvalue weighted by Gasteiger charge is -2.19. The number of hydrogen-bond donors (Lipinski definition) is 7. The zero-order chi connectivity index (χ0) is 22.8. The summed E-state index contributed by atoms with van der Waals surface area (Å²) in [6.07, 6.45) is -1.66. The van der Waals surface area contributed by atoms with Crippen molar-refractivity contribution >= 4 is 19.5 Å². The van der Waals surface area contributed by atoms with E-state index in [9.17, 15) is 29.3 Å². The number of aromatic amines is 1. The van der Waals surface area contributed by atoms with Crippen molar-refractivity contribution in [2.24, 2.45) is 5.73 Å². The Hall–Kier alpha value is -2.65. The number of nitrogens with one attached hydrogen (secondary N) is 2. The van der Waals surface area contributed by atoms with Gasteiger partial charge in [0.2, 0.25) is 5.91 Å². The molecule has 170 valence electrons. The first kappa shape index (κ1) is 23.0. The molecule has 1 amide bonds. The van der Waals surface area contributed by atoms with Crippen LogP contribution in [0.1, 0.15) is 11.9 Å². The molecule has 1 aliphatic heterocycles. The SMILES string of the molecule is Nc1ccn([C@H]2O[C@H](COP(=O)(O)NC(=O)[C@@H](N)Cc3cnc[nH]3)[C@@H](O)[C@H]2O)c(=O)n1. The van der Waals surface area contributed by atoms with Crippen molar-refractivity contribution in [1.29, 1.82) is 0 Å². The van der Waals surface area contributed by atoms with Gasteiger partial charge in [0.1, 0.15) is 24.1 Å². The van der Waals surface area contributed by atoms with Crippen molar-refractivity contribution in [3.63, 3.8) is 0 Å². The Labute approximate surface area is 174 Å². The fraction of sp³-hybridized carbons (Fsp3) is 0.467. The summed E-state index contributed by atoms with van der Waals surface area (Å²) in [7, 11) is -4.67. The van der Waals surface area contributed by atoms with Crippen molar-refractivity contribution < 1.29 is 33.7 Å². The van der Waals surface area contributed by atoms with Crippen LogP contribution in [-0.4, -0.2) is 71.5 Å². The summed E-state index contributed by atoms with van der Waals surface area (Å²) in [5.41, 5.74) is 10.8. The van der Waals surface area contributed by atoms with Gasteiger partial charge in [0.15, 0.2) is 6.23 Å². The molecule has 0 bridgehead atoms. The van der Waals surface area contributed by atoms with E-state index >= 15 is 0 Å². The van der Waals surface area contributed by atoms with Gasteiger partial charge in [0, 0.05) is 24.5 Å². The van der Waals surface area contributed by atoms with E-state index in [0.29, 0.717) is 5.69 Å². The summed E-state index contributed by atoms with van der Waals surface area (Å²) in [4.78, 5) is 43.8. The van der Waals surface area contributed by atoms with Crippen molar-refractivity contribution in [3.05, 3.63) is 41.0 Å². The van der Waals surface area contributed by atoms with Gasteiger partial charge in [-0.25, -0.2) is 14.3 Å². The lowest BCUT2D eigenvalue weighted by atomic mass is 10.1. The first-order valence-corrected chi connectivity index (χ1v) is 10.5. The van der Waals surface area contributed by atoms with Gasteiger partial charge < -0.3 is 36.3 Å². The van der Waals surface area contributed by atoms with Crippen LogP contribution in [0.3, 0.4) is 0 Å². The van der Waals surface area contributed by atoms with E-state index in [0.717, 1.165) is 4.57 Å². The van der Waals surface area contributed by atoms with Gasteiger partial charge in [-0.2, -0.15) is 4.98 Å². The quantitative estimate of drug-likeness (QED) is 0.195. The number of nitrogens with zero attached hydrogens (tertiary/aromatic N) is 3. The number of H-pyrrole nitrogens is 1. The van der Waals surface area contributed by atoms with Crippen molar-refractivity contribution in [2.75, 3.05) is 12.3 Å². The Morgan fingerprint density at radius 1 is 1.45 bits per heavy atom. The Morgan fingerprint density at radius 3 is 2.84 bits per heavy atom. The van der Waals surface area contributed by atoms with Crippen LogP contribution in [0.4, 0.5) is 5.82 Å². The zero-order valence-corrected chi connectivity index (χ0v) is 16.8. The second-order valence-electron chi connectivity index (χ2n) is 6.77. The maximum atomic E-state index is 12.2. The molecule has 2 aromatic rings. The number of amides is 1. The van der Waals surface area contributed by atoms with Crippen LogP contribution in [-0.2, 0) is 25.0 Å². The van der Waals surface area contributed by atoms with Crippen molar-refractivity contribution in [1.82, 2.24) is 24.6 Å². The van der Waals surface area contributed by atoms with Crippen molar-refractivity contribution in [2.45, 2.75) is 37.0 Å². The average Bonchev–Trinajstić information content (AvgIpc) is 3.29. The van der Waals surface area contributed by atoms with Crippen LogP contribution in [0.2, 0.25) is 0 Å². The molecule has 0 spiro atoms. The molecule has 6 atom stereocenters. The van der Waals surface area contributed by atoms with E-state index in [2.05, 4.69) is 15.0 Å². The van der Waals surface area contributed by atoms with Crippen LogP contribution in [0.25, 0.3) is 0 Å². The second kappa shape index (κ2) is 9.23. The van der Waals surface area contributed by atoms with Gasteiger partial charge in [0.05, 0.1) is 19.0 Å². The van der Waals surface area contributed by atoms with Crippen LogP contribution >= 0.6 is 7.75 Å². The fourth-order valence-electron chi connectivity index (χ4n) is 2.87. The van der Waals surface area contributed by atoms with Crippen LogP contribution < -0.4 is 22.2 Å². The third-order valence-electron chi connectivity index (χ3n) is 4.46. The Balaban J connectivity index is 1.57.